The van der Waals surface area contributed by atoms with Gasteiger partial charge in [0.2, 0.25) is 3.79 Å². The van der Waals surface area contributed by atoms with Crippen LogP contribution in [-0.4, -0.2) is 33.9 Å². The summed E-state index contributed by atoms with van der Waals surface area (Å²) in [5.41, 5.74) is 7.46. The number of fused-ring (bicyclic) bond motifs is 1. The Labute approximate surface area is 130 Å². The first-order chi connectivity index (χ1) is 9.40. The molecule has 0 saturated heterocycles. The van der Waals surface area contributed by atoms with Crippen LogP contribution in [-0.2, 0) is 16.1 Å². The zero-order valence-corrected chi connectivity index (χ0v) is 13.0. The molecule has 0 bridgehead atoms. The van der Waals surface area contributed by atoms with Gasteiger partial charge >= 0.3 is 7.12 Å². The van der Waals surface area contributed by atoms with Crippen molar-refractivity contribution in [1.82, 2.24) is 5.32 Å². The molecule has 20 heavy (non-hydrogen) atoms. The van der Waals surface area contributed by atoms with E-state index in [1.165, 1.54) is 0 Å². The van der Waals surface area contributed by atoms with Crippen molar-refractivity contribution in [2.45, 2.75) is 25.6 Å². The zero-order chi connectivity index (χ0) is 14.9. The SMILES string of the molecule is C[C@H](N)[C@H](NC(=O)c1ccc2c(c1)B(O)OC2)C(=O)I. The molecule has 0 aliphatic carbocycles. The fraction of sp³-hybridized carbons (Fsp3) is 0.333. The fourth-order valence-corrected chi connectivity index (χ4v) is 2.70. The summed E-state index contributed by atoms with van der Waals surface area (Å²) in [5.74, 6) is -0.404. The van der Waals surface area contributed by atoms with E-state index in [-0.39, 0.29) is 3.79 Å². The molecule has 1 aliphatic heterocycles. The van der Waals surface area contributed by atoms with Crippen molar-refractivity contribution < 1.29 is 19.3 Å². The molecule has 1 heterocycles. The predicted molar refractivity (Wildman–Crippen MR) is 82.8 cm³/mol. The van der Waals surface area contributed by atoms with Crippen molar-refractivity contribution in [1.29, 1.82) is 0 Å². The van der Waals surface area contributed by atoms with Gasteiger partial charge in [0.25, 0.3) is 5.91 Å². The Morgan fingerprint density at radius 3 is 2.85 bits per heavy atom. The summed E-state index contributed by atoms with van der Waals surface area (Å²) in [7, 11) is -1.01. The number of amides is 1. The lowest BCUT2D eigenvalue weighted by Crippen LogP contribution is -2.49. The third-order valence-corrected chi connectivity index (χ3v) is 3.80. The Morgan fingerprint density at radius 2 is 2.25 bits per heavy atom. The van der Waals surface area contributed by atoms with E-state index in [1.807, 2.05) is 0 Å². The van der Waals surface area contributed by atoms with Gasteiger partial charge in [0.05, 0.1) is 6.61 Å². The Kier molecular flexibility index (Phi) is 4.79. The average molecular weight is 388 g/mol. The highest BCUT2D eigenvalue weighted by molar-refractivity contribution is 14.1. The Hall–Kier alpha value is -0.965. The summed E-state index contributed by atoms with van der Waals surface area (Å²) in [6, 6.07) is 3.71. The standard InChI is InChI=1S/C12H14BIN2O4/c1-6(15)10(11(14)17)16-12(18)7-2-3-8-5-20-13(19)9(8)4-7/h2-4,6,10,19H,5,15H2,1H3,(H,16,18)/t6-,10-/m0/s1. The van der Waals surface area contributed by atoms with Gasteiger partial charge in [-0.05, 0) is 30.1 Å². The van der Waals surface area contributed by atoms with E-state index < -0.39 is 25.1 Å². The minimum atomic E-state index is -1.01. The van der Waals surface area contributed by atoms with Crippen molar-refractivity contribution in [2.75, 3.05) is 0 Å². The third-order valence-electron chi connectivity index (χ3n) is 3.13. The fourth-order valence-electron chi connectivity index (χ4n) is 1.98. The first-order valence-electron chi connectivity index (χ1n) is 6.08. The molecule has 1 aliphatic rings. The number of nitrogens with one attached hydrogen (secondary N) is 1. The number of nitrogens with two attached hydrogens (primary N) is 1. The van der Waals surface area contributed by atoms with Crippen molar-refractivity contribution in [3.8, 4) is 0 Å². The van der Waals surface area contributed by atoms with E-state index >= 15 is 0 Å². The maximum atomic E-state index is 12.1. The molecule has 1 aromatic rings. The smallest absolute Gasteiger partial charge is 0.423 e. The largest absolute Gasteiger partial charge is 0.491 e. The molecule has 0 saturated carbocycles. The lowest BCUT2D eigenvalue weighted by atomic mass is 9.79. The van der Waals surface area contributed by atoms with E-state index in [9.17, 15) is 14.6 Å². The van der Waals surface area contributed by atoms with Gasteiger partial charge in [0.15, 0.2) is 0 Å². The van der Waals surface area contributed by atoms with Crippen LogP contribution in [0.4, 0.5) is 0 Å². The molecule has 1 amide bonds. The van der Waals surface area contributed by atoms with Crippen molar-refractivity contribution in [3.05, 3.63) is 29.3 Å². The van der Waals surface area contributed by atoms with Gasteiger partial charge in [-0.25, -0.2) is 0 Å². The topological polar surface area (TPSA) is 102 Å². The number of carbonyl (C=O) groups is 2. The van der Waals surface area contributed by atoms with Crippen LogP contribution in [0.15, 0.2) is 18.2 Å². The molecule has 0 spiro atoms. The molecular formula is C12H14BIN2O4. The van der Waals surface area contributed by atoms with Gasteiger partial charge in [0, 0.05) is 34.2 Å². The Balaban J connectivity index is 2.18. The summed E-state index contributed by atoms with van der Waals surface area (Å²) in [6.07, 6.45) is 0. The lowest BCUT2D eigenvalue weighted by Gasteiger charge is -2.18. The molecule has 8 heteroatoms. The monoisotopic (exact) mass is 388 g/mol. The van der Waals surface area contributed by atoms with Gasteiger partial charge in [-0.3, -0.25) is 9.59 Å². The van der Waals surface area contributed by atoms with Crippen LogP contribution in [0.25, 0.3) is 0 Å². The number of carbonyl (C=O) groups excluding carboxylic acids is 2. The zero-order valence-electron chi connectivity index (χ0n) is 10.8. The predicted octanol–water partition coefficient (Wildman–Crippen LogP) is -0.689. The van der Waals surface area contributed by atoms with Gasteiger partial charge < -0.3 is 20.7 Å². The molecule has 4 N–H and O–H groups in total. The second kappa shape index (κ2) is 6.21. The molecule has 6 nitrogen and oxygen atoms in total. The van der Waals surface area contributed by atoms with Crippen LogP contribution >= 0.6 is 22.6 Å². The summed E-state index contributed by atoms with van der Waals surface area (Å²) in [4.78, 5) is 23.5. The Bertz CT molecular complexity index is 552. The molecule has 1 aromatic carbocycles. The minimum absolute atomic E-state index is 0.226. The van der Waals surface area contributed by atoms with Gasteiger partial charge in [-0.1, -0.05) is 6.07 Å². The number of hydrogen-bond donors (Lipinski definition) is 3. The van der Waals surface area contributed by atoms with Gasteiger partial charge in [0.1, 0.15) is 6.04 Å². The number of hydrogen-bond acceptors (Lipinski definition) is 5. The van der Waals surface area contributed by atoms with Crippen molar-refractivity contribution in [2.24, 2.45) is 5.73 Å². The van der Waals surface area contributed by atoms with Crippen molar-refractivity contribution in [3.63, 3.8) is 0 Å². The van der Waals surface area contributed by atoms with Crippen LogP contribution in [0.2, 0.25) is 0 Å². The lowest BCUT2D eigenvalue weighted by molar-refractivity contribution is -0.111. The summed E-state index contributed by atoms with van der Waals surface area (Å²) >= 11 is 1.61. The summed E-state index contributed by atoms with van der Waals surface area (Å²) in [6.45, 7) is 1.98. The number of halogens is 1. The van der Waals surface area contributed by atoms with Crippen LogP contribution in [0.5, 0.6) is 0 Å². The molecule has 2 atom stereocenters. The Morgan fingerprint density at radius 1 is 1.55 bits per heavy atom. The van der Waals surface area contributed by atoms with E-state index in [2.05, 4.69) is 5.32 Å². The molecule has 0 aromatic heterocycles. The quantitative estimate of drug-likeness (QED) is 0.360. The molecule has 0 fully saturated rings. The molecule has 0 unspecified atom stereocenters. The maximum absolute atomic E-state index is 12.1. The van der Waals surface area contributed by atoms with Gasteiger partial charge in [-0.15, -0.1) is 0 Å². The summed E-state index contributed by atoms with van der Waals surface area (Å²) in [5, 5.41) is 12.2. The van der Waals surface area contributed by atoms with Crippen LogP contribution in [0, 0.1) is 0 Å². The highest BCUT2D eigenvalue weighted by atomic mass is 127. The molecule has 106 valence electrons. The van der Waals surface area contributed by atoms with Crippen molar-refractivity contribution >= 4 is 44.9 Å². The second-order valence-corrected chi connectivity index (χ2v) is 5.75. The van der Waals surface area contributed by atoms with Crippen LogP contribution < -0.4 is 16.5 Å². The maximum Gasteiger partial charge on any atom is 0.491 e. The van der Waals surface area contributed by atoms with E-state index in [0.717, 1.165) is 5.56 Å². The average Bonchev–Trinajstić information content (AvgIpc) is 2.76. The minimum Gasteiger partial charge on any atom is -0.423 e. The number of benzene rings is 1. The van der Waals surface area contributed by atoms with Gasteiger partial charge in [-0.2, -0.15) is 0 Å². The molecule has 2 rings (SSSR count). The highest BCUT2D eigenvalue weighted by Crippen LogP contribution is 2.12. The van der Waals surface area contributed by atoms with E-state index in [1.54, 1.807) is 47.7 Å². The molecule has 0 radical (unpaired) electrons. The van der Waals surface area contributed by atoms with E-state index in [0.29, 0.717) is 17.6 Å². The first-order valence-corrected chi connectivity index (χ1v) is 7.16. The van der Waals surface area contributed by atoms with E-state index in [4.69, 9.17) is 10.4 Å². The molecular weight excluding hydrogens is 374 g/mol. The normalized spacial score (nSPS) is 16.5. The second-order valence-electron chi connectivity index (χ2n) is 4.69. The third kappa shape index (κ3) is 3.19. The first kappa shape index (κ1) is 15.4. The highest BCUT2D eigenvalue weighted by Gasteiger charge is 2.29. The number of rotatable bonds is 4. The van der Waals surface area contributed by atoms with Crippen LogP contribution in [0.1, 0.15) is 22.8 Å². The summed E-state index contributed by atoms with van der Waals surface area (Å²) < 4.78 is 4.84. The van der Waals surface area contributed by atoms with Crippen LogP contribution in [0.3, 0.4) is 0 Å².